The Kier molecular flexibility index (Phi) is 5.23. The molecule has 0 aliphatic carbocycles. The molecule has 7 nitrogen and oxygen atoms in total. The average molecular weight is 428 g/mol. The second-order valence-electron chi connectivity index (χ2n) is 6.38. The number of hydrogen-bond donors (Lipinski definition) is 1. The first-order valence-electron chi connectivity index (χ1n) is 8.79. The van der Waals surface area contributed by atoms with Crippen LogP contribution in [0, 0.1) is 11.6 Å². The third-order valence-corrected chi connectivity index (χ3v) is 5.25. The molecular formula is C20H14F2N4O3S. The Bertz CT molecular complexity index is 1360. The highest BCUT2D eigenvalue weighted by Gasteiger charge is 2.17. The average Bonchev–Trinajstić information content (AvgIpc) is 3.24. The summed E-state index contributed by atoms with van der Waals surface area (Å²) >= 11 is 1.38. The van der Waals surface area contributed by atoms with Gasteiger partial charge in [-0.25, -0.2) is 18.6 Å². The van der Waals surface area contributed by atoms with Crippen LogP contribution in [0.4, 0.5) is 14.5 Å². The molecule has 4 rings (SSSR count). The molecule has 1 N–H and O–H groups in total. The quantitative estimate of drug-likeness (QED) is 0.530. The number of fused-ring (bicyclic) bond motifs is 1. The highest BCUT2D eigenvalue weighted by Crippen LogP contribution is 2.15. The van der Waals surface area contributed by atoms with Gasteiger partial charge in [-0.1, -0.05) is 6.07 Å². The Morgan fingerprint density at radius 3 is 2.67 bits per heavy atom. The second-order valence-corrected chi connectivity index (χ2v) is 7.42. The second kappa shape index (κ2) is 7.99. The maximum atomic E-state index is 13.8. The Morgan fingerprint density at radius 1 is 1.10 bits per heavy atom. The van der Waals surface area contributed by atoms with E-state index < -0.39 is 35.3 Å². The van der Waals surface area contributed by atoms with E-state index in [1.807, 2.05) is 5.38 Å². The molecule has 0 bridgehead atoms. The van der Waals surface area contributed by atoms with Crippen molar-refractivity contribution < 1.29 is 13.6 Å². The van der Waals surface area contributed by atoms with Gasteiger partial charge in [-0.05, 0) is 35.7 Å². The molecule has 1 amide bonds. The fraction of sp³-hybridized carbons (Fsp3) is 0.100. The van der Waals surface area contributed by atoms with Crippen LogP contribution in [0.2, 0.25) is 0 Å². The molecule has 10 heteroatoms. The standard InChI is InChI=1S/C20H14F2N4O3S/c21-12-5-6-15(14(22)9-12)24-17(27)11-25-16-4-1-7-23-18(16)19(28)26(20(25)29)10-13-3-2-8-30-13/h1-9H,10-11H2,(H,24,27). The summed E-state index contributed by atoms with van der Waals surface area (Å²) in [5, 5.41) is 4.13. The third kappa shape index (κ3) is 3.77. The van der Waals surface area contributed by atoms with Crippen LogP contribution in [-0.2, 0) is 17.9 Å². The minimum atomic E-state index is -0.940. The van der Waals surface area contributed by atoms with Crippen molar-refractivity contribution in [1.29, 1.82) is 0 Å². The molecule has 0 saturated carbocycles. The van der Waals surface area contributed by atoms with Crippen LogP contribution in [0.1, 0.15) is 4.88 Å². The lowest BCUT2D eigenvalue weighted by molar-refractivity contribution is -0.116. The number of rotatable bonds is 5. The number of thiophene rings is 1. The highest BCUT2D eigenvalue weighted by atomic mass is 32.1. The van der Waals surface area contributed by atoms with Gasteiger partial charge in [0.05, 0.1) is 17.7 Å². The SMILES string of the molecule is O=C(Cn1c(=O)n(Cc2cccs2)c(=O)c2ncccc21)Nc1ccc(F)cc1F. The van der Waals surface area contributed by atoms with Crippen LogP contribution in [0.25, 0.3) is 11.0 Å². The van der Waals surface area contributed by atoms with Gasteiger partial charge < -0.3 is 5.32 Å². The lowest BCUT2D eigenvalue weighted by Crippen LogP contribution is -2.42. The van der Waals surface area contributed by atoms with E-state index in [1.165, 1.54) is 23.6 Å². The van der Waals surface area contributed by atoms with Crippen molar-refractivity contribution >= 4 is 34.0 Å². The van der Waals surface area contributed by atoms with Crippen molar-refractivity contribution in [2.24, 2.45) is 0 Å². The maximum Gasteiger partial charge on any atom is 0.332 e. The number of anilines is 1. The van der Waals surface area contributed by atoms with Crippen LogP contribution < -0.4 is 16.6 Å². The molecule has 0 atom stereocenters. The summed E-state index contributed by atoms with van der Waals surface area (Å²) in [5.41, 5.74) is -1.25. The molecule has 0 fully saturated rings. The fourth-order valence-electron chi connectivity index (χ4n) is 3.02. The minimum Gasteiger partial charge on any atom is -0.322 e. The summed E-state index contributed by atoms with van der Waals surface area (Å²) in [6, 6.07) is 9.36. The number of aromatic nitrogens is 3. The van der Waals surface area contributed by atoms with Gasteiger partial charge in [0.25, 0.3) is 5.56 Å². The zero-order valence-corrected chi connectivity index (χ0v) is 16.2. The van der Waals surface area contributed by atoms with Crippen molar-refractivity contribution in [2.45, 2.75) is 13.1 Å². The largest absolute Gasteiger partial charge is 0.332 e. The molecule has 3 aromatic heterocycles. The number of nitrogens with one attached hydrogen (secondary N) is 1. The first-order valence-corrected chi connectivity index (χ1v) is 9.67. The molecule has 0 radical (unpaired) electrons. The van der Waals surface area contributed by atoms with Gasteiger partial charge >= 0.3 is 5.69 Å². The number of carbonyl (C=O) groups is 1. The first kappa shape index (κ1) is 19.6. The zero-order valence-electron chi connectivity index (χ0n) is 15.3. The van der Waals surface area contributed by atoms with Gasteiger partial charge in [0, 0.05) is 17.1 Å². The summed E-state index contributed by atoms with van der Waals surface area (Å²) < 4.78 is 29.0. The van der Waals surface area contributed by atoms with E-state index in [2.05, 4.69) is 10.3 Å². The molecule has 4 aromatic rings. The van der Waals surface area contributed by atoms with Crippen molar-refractivity contribution in [3.05, 3.63) is 91.4 Å². The van der Waals surface area contributed by atoms with E-state index in [1.54, 1.807) is 18.2 Å². The lowest BCUT2D eigenvalue weighted by Gasteiger charge is -2.13. The van der Waals surface area contributed by atoms with Crippen molar-refractivity contribution in [1.82, 2.24) is 14.1 Å². The molecule has 0 saturated heterocycles. The van der Waals surface area contributed by atoms with E-state index in [4.69, 9.17) is 0 Å². The van der Waals surface area contributed by atoms with Gasteiger partial charge in [0.1, 0.15) is 18.2 Å². The van der Waals surface area contributed by atoms with Gasteiger partial charge in [-0.3, -0.25) is 18.7 Å². The molecule has 0 spiro atoms. The summed E-state index contributed by atoms with van der Waals surface area (Å²) in [4.78, 5) is 43.2. The summed E-state index contributed by atoms with van der Waals surface area (Å²) in [6.45, 7) is -0.446. The molecule has 0 aliphatic rings. The van der Waals surface area contributed by atoms with Crippen LogP contribution >= 0.6 is 11.3 Å². The molecule has 30 heavy (non-hydrogen) atoms. The van der Waals surface area contributed by atoms with Gasteiger partial charge in [-0.2, -0.15) is 0 Å². The highest BCUT2D eigenvalue weighted by molar-refractivity contribution is 7.09. The van der Waals surface area contributed by atoms with Crippen molar-refractivity contribution in [2.75, 3.05) is 5.32 Å². The summed E-state index contributed by atoms with van der Waals surface area (Å²) in [7, 11) is 0. The number of nitrogens with zero attached hydrogens (tertiary/aromatic N) is 3. The van der Waals surface area contributed by atoms with Gasteiger partial charge in [-0.15, -0.1) is 11.3 Å². The number of amides is 1. The van der Waals surface area contributed by atoms with E-state index in [-0.39, 0.29) is 23.3 Å². The Hall–Kier alpha value is -3.66. The van der Waals surface area contributed by atoms with Gasteiger partial charge in [0.2, 0.25) is 5.91 Å². The lowest BCUT2D eigenvalue weighted by atomic mass is 10.3. The summed E-state index contributed by atoms with van der Waals surface area (Å²) in [6.07, 6.45) is 1.42. The smallest absolute Gasteiger partial charge is 0.322 e. The maximum absolute atomic E-state index is 13.8. The molecule has 152 valence electrons. The molecule has 0 unspecified atom stereocenters. The van der Waals surface area contributed by atoms with Crippen molar-refractivity contribution in [3.63, 3.8) is 0 Å². The van der Waals surface area contributed by atoms with Crippen LogP contribution in [0.5, 0.6) is 0 Å². The van der Waals surface area contributed by atoms with E-state index in [9.17, 15) is 23.2 Å². The molecule has 1 aromatic carbocycles. The molecule has 0 aliphatic heterocycles. The number of carbonyl (C=O) groups excluding carboxylic acids is 1. The minimum absolute atomic E-state index is 0.0365. The number of benzene rings is 1. The van der Waals surface area contributed by atoms with Crippen molar-refractivity contribution in [3.8, 4) is 0 Å². The van der Waals surface area contributed by atoms with Crippen LogP contribution in [-0.4, -0.2) is 20.0 Å². The number of hydrogen-bond acceptors (Lipinski definition) is 5. The van der Waals surface area contributed by atoms with Crippen LogP contribution in [0.15, 0.2) is 63.6 Å². The monoisotopic (exact) mass is 428 g/mol. The molecular weight excluding hydrogens is 414 g/mol. The normalized spacial score (nSPS) is 11.0. The fourth-order valence-corrected chi connectivity index (χ4v) is 3.71. The van der Waals surface area contributed by atoms with E-state index >= 15 is 0 Å². The predicted octanol–water partition coefficient (Wildman–Crippen LogP) is 2.58. The Morgan fingerprint density at radius 2 is 1.93 bits per heavy atom. The Labute approximate surface area is 171 Å². The topological polar surface area (TPSA) is 86.0 Å². The predicted molar refractivity (Wildman–Crippen MR) is 109 cm³/mol. The Balaban J connectivity index is 1.75. The molecule has 3 heterocycles. The van der Waals surface area contributed by atoms with E-state index in [0.717, 1.165) is 26.1 Å². The number of halogens is 2. The van der Waals surface area contributed by atoms with Crippen LogP contribution in [0.3, 0.4) is 0 Å². The number of pyridine rings is 1. The summed E-state index contributed by atoms with van der Waals surface area (Å²) in [5.74, 6) is -2.43. The zero-order chi connectivity index (χ0) is 21.3. The van der Waals surface area contributed by atoms with E-state index in [0.29, 0.717) is 6.07 Å². The first-order chi connectivity index (χ1) is 14.4. The third-order valence-electron chi connectivity index (χ3n) is 4.39. The van der Waals surface area contributed by atoms with Gasteiger partial charge in [0.15, 0.2) is 5.52 Å².